The highest BCUT2D eigenvalue weighted by Gasteiger charge is 2.25. The summed E-state index contributed by atoms with van der Waals surface area (Å²) in [4.78, 5) is 6.31. The second kappa shape index (κ2) is 5.28. The molecule has 0 amide bonds. The van der Waals surface area contributed by atoms with E-state index in [-0.39, 0.29) is 0 Å². The summed E-state index contributed by atoms with van der Waals surface area (Å²) in [5.41, 5.74) is 3.33. The Kier molecular flexibility index (Phi) is 3.28. The van der Waals surface area contributed by atoms with Gasteiger partial charge in [-0.25, -0.2) is 4.98 Å². The number of nitrogens with one attached hydrogen (secondary N) is 1. The van der Waals surface area contributed by atoms with E-state index < -0.39 is 0 Å². The number of nitrogens with zero attached hydrogens (tertiary/aromatic N) is 1. The molecule has 3 nitrogen and oxygen atoms in total. The van der Waals surface area contributed by atoms with Crippen molar-refractivity contribution in [2.75, 3.05) is 6.54 Å². The summed E-state index contributed by atoms with van der Waals surface area (Å²) >= 11 is 1.82. The molecule has 0 radical (unpaired) electrons. The molecule has 1 unspecified atom stereocenters. The summed E-state index contributed by atoms with van der Waals surface area (Å²) in [7, 11) is 0. The maximum absolute atomic E-state index is 5.66. The van der Waals surface area contributed by atoms with E-state index >= 15 is 0 Å². The number of para-hydroxylation sites is 1. The van der Waals surface area contributed by atoms with Gasteiger partial charge in [0, 0.05) is 16.3 Å². The van der Waals surface area contributed by atoms with E-state index in [2.05, 4.69) is 24.4 Å². The topological polar surface area (TPSA) is 38.1 Å². The minimum absolute atomic E-state index is 0.475. The lowest BCUT2D eigenvalue weighted by Gasteiger charge is -2.21. The van der Waals surface area contributed by atoms with E-state index in [4.69, 9.17) is 9.40 Å². The van der Waals surface area contributed by atoms with Gasteiger partial charge in [0.1, 0.15) is 16.9 Å². The molecule has 0 fully saturated rings. The lowest BCUT2D eigenvalue weighted by Crippen LogP contribution is -2.23. The fourth-order valence-corrected chi connectivity index (χ4v) is 4.36. The molecular weight excluding hydrogens is 280 g/mol. The predicted octanol–water partition coefficient (Wildman–Crippen LogP) is 4.54. The molecule has 21 heavy (non-hydrogen) atoms. The maximum atomic E-state index is 5.66. The molecule has 108 valence electrons. The van der Waals surface area contributed by atoms with E-state index in [1.165, 1.54) is 23.4 Å². The third-order valence-corrected chi connectivity index (χ3v) is 5.36. The summed E-state index contributed by atoms with van der Waals surface area (Å²) in [5, 5.41) is 5.83. The first-order chi connectivity index (χ1) is 10.4. The Hall–Kier alpha value is -1.65. The van der Waals surface area contributed by atoms with Crippen LogP contribution < -0.4 is 5.32 Å². The maximum Gasteiger partial charge on any atom is 0.134 e. The van der Waals surface area contributed by atoms with Crippen LogP contribution in [0.25, 0.3) is 21.5 Å². The Morgan fingerprint density at radius 1 is 1.38 bits per heavy atom. The molecule has 2 heterocycles. The van der Waals surface area contributed by atoms with Crippen LogP contribution in [0.15, 0.2) is 34.9 Å². The highest BCUT2D eigenvalue weighted by atomic mass is 32.1. The van der Waals surface area contributed by atoms with Crippen molar-refractivity contribution in [3.63, 3.8) is 0 Å². The van der Waals surface area contributed by atoms with Gasteiger partial charge >= 0.3 is 0 Å². The molecule has 0 bridgehead atoms. The van der Waals surface area contributed by atoms with Crippen LogP contribution in [0.3, 0.4) is 0 Å². The molecule has 1 atom stereocenters. The van der Waals surface area contributed by atoms with Crippen LogP contribution in [0.1, 0.15) is 36.4 Å². The fraction of sp³-hybridized carbons (Fsp3) is 0.353. The fourth-order valence-electron chi connectivity index (χ4n) is 3.12. The molecule has 4 rings (SSSR count). The molecule has 0 saturated carbocycles. The van der Waals surface area contributed by atoms with Crippen molar-refractivity contribution in [1.29, 1.82) is 0 Å². The third-order valence-electron chi connectivity index (χ3n) is 4.11. The highest BCUT2D eigenvalue weighted by molar-refractivity contribution is 7.15. The standard InChI is InChI=1S/C17H18N2OS/c1-2-18-13-7-5-8-14-16(13)21-17(19-14)12-10-20-15-9-4-3-6-11(12)15/h3-4,6,9-10,13,18H,2,5,7-8H2,1H3. The number of hydrogen-bond acceptors (Lipinski definition) is 4. The summed E-state index contributed by atoms with van der Waals surface area (Å²) in [6.45, 7) is 3.17. The molecule has 1 aliphatic rings. The Morgan fingerprint density at radius 2 is 2.29 bits per heavy atom. The van der Waals surface area contributed by atoms with Crippen LogP contribution in [0.2, 0.25) is 0 Å². The van der Waals surface area contributed by atoms with E-state index in [1.807, 2.05) is 29.7 Å². The van der Waals surface area contributed by atoms with Crippen molar-refractivity contribution in [2.24, 2.45) is 0 Å². The van der Waals surface area contributed by atoms with Gasteiger partial charge < -0.3 is 9.73 Å². The minimum Gasteiger partial charge on any atom is -0.464 e. The predicted molar refractivity (Wildman–Crippen MR) is 86.7 cm³/mol. The van der Waals surface area contributed by atoms with Crippen LogP contribution in [0.4, 0.5) is 0 Å². The summed E-state index contributed by atoms with van der Waals surface area (Å²) in [6, 6.07) is 8.65. The summed E-state index contributed by atoms with van der Waals surface area (Å²) in [6.07, 6.45) is 5.38. The molecular formula is C17H18N2OS. The van der Waals surface area contributed by atoms with E-state index in [0.29, 0.717) is 6.04 Å². The van der Waals surface area contributed by atoms with Crippen LogP contribution in [0.5, 0.6) is 0 Å². The average Bonchev–Trinajstić information content (AvgIpc) is 3.11. The Labute approximate surface area is 128 Å². The number of furan rings is 1. The highest BCUT2D eigenvalue weighted by Crippen LogP contribution is 2.40. The van der Waals surface area contributed by atoms with Crippen molar-refractivity contribution in [2.45, 2.75) is 32.2 Å². The van der Waals surface area contributed by atoms with Crippen molar-refractivity contribution in [3.05, 3.63) is 41.1 Å². The van der Waals surface area contributed by atoms with Crippen LogP contribution in [-0.2, 0) is 6.42 Å². The lowest BCUT2D eigenvalue weighted by molar-refractivity contribution is 0.476. The van der Waals surface area contributed by atoms with Gasteiger partial charge in [0.2, 0.25) is 0 Å². The van der Waals surface area contributed by atoms with E-state index in [9.17, 15) is 0 Å². The van der Waals surface area contributed by atoms with Crippen molar-refractivity contribution in [1.82, 2.24) is 10.3 Å². The zero-order chi connectivity index (χ0) is 14.2. The van der Waals surface area contributed by atoms with Crippen molar-refractivity contribution < 1.29 is 4.42 Å². The molecule has 4 heteroatoms. The first kappa shape index (κ1) is 13.0. The minimum atomic E-state index is 0.475. The van der Waals surface area contributed by atoms with Crippen LogP contribution in [0, 0.1) is 0 Å². The molecule has 0 saturated heterocycles. The molecule has 1 aliphatic carbocycles. The van der Waals surface area contributed by atoms with Gasteiger partial charge in [-0.2, -0.15) is 0 Å². The normalized spacial score (nSPS) is 18.0. The number of rotatable bonds is 3. The second-order valence-corrected chi connectivity index (χ2v) is 6.51. The zero-order valence-corrected chi connectivity index (χ0v) is 12.9. The largest absolute Gasteiger partial charge is 0.464 e. The van der Waals surface area contributed by atoms with Gasteiger partial charge in [-0.05, 0) is 31.9 Å². The Bertz CT molecular complexity index is 774. The number of aromatic nitrogens is 1. The van der Waals surface area contributed by atoms with Gasteiger partial charge in [-0.15, -0.1) is 11.3 Å². The summed E-state index contributed by atoms with van der Waals surface area (Å²) < 4.78 is 5.66. The first-order valence-corrected chi connectivity index (χ1v) is 8.38. The van der Waals surface area contributed by atoms with Gasteiger partial charge in [-0.3, -0.25) is 0 Å². The second-order valence-electron chi connectivity index (χ2n) is 5.48. The Balaban J connectivity index is 1.80. The van der Waals surface area contributed by atoms with Crippen LogP contribution in [-0.4, -0.2) is 11.5 Å². The molecule has 0 aliphatic heterocycles. The van der Waals surface area contributed by atoms with Crippen molar-refractivity contribution >= 4 is 22.3 Å². The van der Waals surface area contributed by atoms with E-state index in [0.717, 1.165) is 34.5 Å². The number of aryl methyl sites for hydroxylation is 1. The first-order valence-electron chi connectivity index (χ1n) is 7.56. The van der Waals surface area contributed by atoms with Crippen molar-refractivity contribution in [3.8, 4) is 10.6 Å². The number of benzene rings is 1. The van der Waals surface area contributed by atoms with Crippen LogP contribution >= 0.6 is 11.3 Å². The SMILES string of the molecule is CCNC1CCCc2nc(-c3coc4ccccc34)sc21. The summed E-state index contributed by atoms with van der Waals surface area (Å²) in [5.74, 6) is 0. The molecule has 3 aromatic rings. The van der Waals surface area contributed by atoms with Gasteiger partial charge in [-0.1, -0.05) is 25.1 Å². The van der Waals surface area contributed by atoms with Gasteiger partial charge in [0.25, 0.3) is 0 Å². The number of fused-ring (bicyclic) bond motifs is 2. The Morgan fingerprint density at radius 3 is 3.19 bits per heavy atom. The number of thiazole rings is 1. The molecule has 2 aromatic heterocycles. The van der Waals surface area contributed by atoms with Gasteiger partial charge in [0.15, 0.2) is 0 Å². The zero-order valence-electron chi connectivity index (χ0n) is 12.1. The smallest absolute Gasteiger partial charge is 0.134 e. The van der Waals surface area contributed by atoms with E-state index in [1.54, 1.807) is 0 Å². The molecule has 1 N–H and O–H groups in total. The lowest BCUT2D eigenvalue weighted by atomic mass is 9.98. The molecule has 1 aromatic carbocycles. The monoisotopic (exact) mass is 298 g/mol. The third kappa shape index (κ3) is 2.19. The number of hydrogen-bond donors (Lipinski definition) is 1. The van der Waals surface area contributed by atoms with Gasteiger partial charge in [0.05, 0.1) is 11.3 Å². The average molecular weight is 298 g/mol. The quantitative estimate of drug-likeness (QED) is 0.771. The molecule has 0 spiro atoms.